The minimum absolute atomic E-state index is 0.0689. The Labute approximate surface area is 63.1 Å². The SMILES string of the molecule is Cc1ncc(C(=O)O)cc1[O-]. The molecule has 0 aromatic carbocycles. The molecule has 11 heavy (non-hydrogen) atoms. The molecule has 4 nitrogen and oxygen atoms in total. The van der Waals surface area contributed by atoms with Crippen molar-refractivity contribution in [2.75, 3.05) is 0 Å². The number of hydrogen-bond acceptors (Lipinski definition) is 3. The van der Waals surface area contributed by atoms with Crippen LogP contribution in [0.1, 0.15) is 16.1 Å². The van der Waals surface area contributed by atoms with Crippen molar-refractivity contribution in [1.29, 1.82) is 0 Å². The van der Waals surface area contributed by atoms with Crippen LogP contribution in [-0.4, -0.2) is 16.1 Å². The Morgan fingerprint density at radius 2 is 2.36 bits per heavy atom. The maximum absolute atomic E-state index is 10.8. The zero-order valence-electron chi connectivity index (χ0n) is 5.87. The van der Waals surface area contributed by atoms with Crippen molar-refractivity contribution in [3.8, 4) is 5.75 Å². The van der Waals surface area contributed by atoms with E-state index >= 15 is 0 Å². The lowest BCUT2D eigenvalue weighted by Gasteiger charge is -2.08. The van der Waals surface area contributed by atoms with E-state index in [-0.39, 0.29) is 11.3 Å². The third kappa shape index (κ3) is 1.46. The third-order valence-corrected chi connectivity index (χ3v) is 1.29. The third-order valence-electron chi connectivity index (χ3n) is 1.29. The van der Waals surface area contributed by atoms with Crippen LogP contribution in [0.25, 0.3) is 0 Å². The molecule has 0 saturated heterocycles. The van der Waals surface area contributed by atoms with Gasteiger partial charge in [0.15, 0.2) is 0 Å². The molecule has 0 bridgehead atoms. The smallest absolute Gasteiger partial charge is 0.337 e. The summed E-state index contributed by atoms with van der Waals surface area (Å²) >= 11 is 0. The molecule has 4 heteroatoms. The molecule has 0 unspecified atom stereocenters. The number of hydrogen-bond donors (Lipinski definition) is 1. The first-order chi connectivity index (χ1) is 5.11. The van der Waals surface area contributed by atoms with E-state index in [1.54, 1.807) is 0 Å². The van der Waals surface area contributed by atoms with E-state index in [9.17, 15) is 9.90 Å². The Morgan fingerprint density at radius 1 is 1.73 bits per heavy atom. The van der Waals surface area contributed by atoms with Gasteiger partial charge in [-0.25, -0.2) is 4.79 Å². The van der Waals surface area contributed by atoms with Crippen molar-refractivity contribution in [3.63, 3.8) is 0 Å². The lowest BCUT2D eigenvalue weighted by Crippen LogP contribution is -2.02. The molecule has 0 atom stereocenters. The number of carboxylic acid groups (broad SMARTS) is 1. The monoisotopic (exact) mass is 152 g/mol. The molecule has 0 aliphatic heterocycles. The summed E-state index contributed by atoms with van der Waals surface area (Å²) in [5.41, 5.74) is 0.246. The molecular formula is C7H6NO3-. The first kappa shape index (κ1) is 7.53. The maximum atomic E-state index is 10.8. The largest absolute Gasteiger partial charge is 0.871 e. The molecule has 0 aliphatic rings. The van der Waals surface area contributed by atoms with E-state index < -0.39 is 5.97 Å². The van der Waals surface area contributed by atoms with Crippen LogP contribution in [-0.2, 0) is 0 Å². The standard InChI is InChI=1S/C7H7NO3/c1-4-6(9)2-5(3-8-4)7(10)11/h2-3,9H,1H3,(H,10,11)/p-1. The molecule has 0 saturated carbocycles. The fourth-order valence-electron chi connectivity index (χ4n) is 0.630. The zero-order valence-corrected chi connectivity index (χ0v) is 5.87. The van der Waals surface area contributed by atoms with Gasteiger partial charge in [-0.1, -0.05) is 11.8 Å². The summed E-state index contributed by atoms with van der Waals surface area (Å²) in [6, 6.07) is 1.06. The number of rotatable bonds is 1. The van der Waals surface area contributed by atoms with Gasteiger partial charge in [0.2, 0.25) is 0 Å². The van der Waals surface area contributed by atoms with Crippen LogP contribution in [0, 0.1) is 6.92 Å². The summed E-state index contributed by atoms with van der Waals surface area (Å²) in [7, 11) is 0. The minimum Gasteiger partial charge on any atom is -0.871 e. The highest BCUT2D eigenvalue weighted by Gasteiger charge is 2.01. The molecule has 1 aromatic rings. The lowest BCUT2D eigenvalue weighted by molar-refractivity contribution is -0.269. The lowest BCUT2D eigenvalue weighted by atomic mass is 10.2. The molecule has 1 rings (SSSR count). The number of aromatic nitrogens is 1. The first-order valence-electron chi connectivity index (χ1n) is 2.98. The minimum atomic E-state index is -1.13. The average Bonchev–Trinajstić information content (AvgIpc) is 1.94. The van der Waals surface area contributed by atoms with Gasteiger partial charge in [0.1, 0.15) is 0 Å². The predicted octanol–water partition coefficient (Wildman–Crippen LogP) is 0.162. The van der Waals surface area contributed by atoms with E-state index in [4.69, 9.17) is 5.11 Å². The summed E-state index contributed by atoms with van der Waals surface area (Å²) in [4.78, 5) is 13.9. The molecule has 0 fully saturated rings. The van der Waals surface area contributed by atoms with Crippen molar-refractivity contribution in [1.82, 2.24) is 4.98 Å². The van der Waals surface area contributed by atoms with Gasteiger partial charge >= 0.3 is 5.97 Å². The molecule has 58 valence electrons. The topological polar surface area (TPSA) is 73.2 Å². The number of carboxylic acids is 1. The van der Waals surface area contributed by atoms with Crippen molar-refractivity contribution in [2.45, 2.75) is 6.92 Å². The Bertz CT molecular complexity index is 296. The van der Waals surface area contributed by atoms with Gasteiger partial charge in [-0.3, -0.25) is 4.98 Å². The van der Waals surface area contributed by atoms with Gasteiger partial charge in [-0.15, -0.1) is 0 Å². The van der Waals surface area contributed by atoms with Crippen LogP contribution >= 0.6 is 0 Å². The highest BCUT2D eigenvalue weighted by atomic mass is 16.4. The molecule has 1 aromatic heterocycles. The molecule has 0 aliphatic carbocycles. The average molecular weight is 152 g/mol. The predicted molar refractivity (Wildman–Crippen MR) is 35.4 cm³/mol. The molecule has 0 radical (unpaired) electrons. The summed E-state index contributed by atoms with van der Waals surface area (Å²) < 4.78 is 0. The van der Waals surface area contributed by atoms with E-state index in [2.05, 4.69) is 4.98 Å². The number of carbonyl (C=O) groups is 1. The quantitative estimate of drug-likeness (QED) is 0.622. The van der Waals surface area contributed by atoms with E-state index in [0.717, 1.165) is 6.07 Å². The Balaban J connectivity index is 3.15. The van der Waals surface area contributed by atoms with Crippen molar-refractivity contribution in [3.05, 3.63) is 23.5 Å². The molecule has 0 spiro atoms. The van der Waals surface area contributed by atoms with Crippen LogP contribution in [0.15, 0.2) is 12.3 Å². The second-order valence-corrected chi connectivity index (χ2v) is 2.11. The maximum Gasteiger partial charge on any atom is 0.337 e. The molecule has 0 amide bonds. The van der Waals surface area contributed by atoms with Gasteiger partial charge in [0, 0.05) is 11.9 Å². The number of pyridine rings is 1. The fourth-order valence-corrected chi connectivity index (χ4v) is 0.630. The highest BCUT2D eigenvalue weighted by Crippen LogP contribution is 2.10. The summed E-state index contributed by atoms with van der Waals surface area (Å²) in [6.45, 7) is 1.54. The van der Waals surface area contributed by atoms with Gasteiger partial charge in [-0.05, 0) is 6.92 Å². The Hall–Kier alpha value is -1.58. The van der Waals surface area contributed by atoms with Crippen molar-refractivity contribution in [2.24, 2.45) is 0 Å². The molecule has 1 N–H and O–H groups in total. The van der Waals surface area contributed by atoms with Crippen LogP contribution in [0.4, 0.5) is 0 Å². The van der Waals surface area contributed by atoms with Crippen molar-refractivity contribution < 1.29 is 15.0 Å². The van der Waals surface area contributed by atoms with Gasteiger partial charge in [-0.2, -0.15) is 0 Å². The van der Waals surface area contributed by atoms with E-state index in [1.807, 2.05) is 0 Å². The number of nitrogens with zero attached hydrogens (tertiary/aromatic N) is 1. The van der Waals surface area contributed by atoms with Crippen LogP contribution in [0.3, 0.4) is 0 Å². The summed E-state index contributed by atoms with van der Waals surface area (Å²) in [5.74, 6) is -1.47. The van der Waals surface area contributed by atoms with Crippen LogP contribution in [0.2, 0.25) is 0 Å². The Morgan fingerprint density at radius 3 is 2.82 bits per heavy atom. The van der Waals surface area contributed by atoms with Gasteiger partial charge in [0.25, 0.3) is 0 Å². The van der Waals surface area contributed by atoms with Gasteiger partial charge in [0.05, 0.1) is 5.56 Å². The summed E-state index contributed by atoms with van der Waals surface area (Å²) in [6.07, 6.45) is 1.17. The normalized spacial score (nSPS) is 9.55. The second kappa shape index (κ2) is 2.57. The Kier molecular flexibility index (Phi) is 1.76. The molecule has 1 heterocycles. The van der Waals surface area contributed by atoms with E-state index in [0.29, 0.717) is 5.69 Å². The number of aryl methyl sites for hydroxylation is 1. The highest BCUT2D eigenvalue weighted by molar-refractivity contribution is 5.87. The van der Waals surface area contributed by atoms with Crippen LogP contribution < -0.4 is 5.11 Å². The zero-order chi connectivity index (χ0) is 8.43. The first-order valence-corrected chi connectivity index (χ1v) is 2.98. The van der Waals surface area contributed by atoms with Crippen LogP contribution in [0.5, 0.6) is 5.75 Å². The van der Waals surface area contributed by atoms with E-state index in [1.165, 1.54) is 13.1 Å². The van der Waals surface area contributed by atoms with Gasteiger partial charge < -0.3 is 10.2 Å². The van der Waals surface area contributed by atoms with Crippen molar-refractivity contribution >= 4 is 5.97 Å². The second-order valence-electron chi connectivity index (χ2n) is 2.11. The molecular weight excluding hydrogens is 146 g/mol. The fraction of sp³-hybridized carbons (Fsp3) is 0.143. The summed E-state index contributed by atoms with van der Waals surface area (Å²) in [5, 5.41) is 19.2. The number of aromatic carboxylic acids is 1.